The van der Waals surface area contributed by atoms with Crippen LogP contribution < -0.4 is 5.32 Å². The molecule has 122 valence electrons. The lowest BCUT2D eigenvalue weighted by Crippen LogP contribution is -2.39. The number of nitrogens with one attached hydrogen (secondary N) is 1. The molecule has 0 fully saturated rings. The molecule has 2 atom stereocenters. The van der Waals surface area contributed by atoms with E-state index in [0.717, 1.165) is 6.42 Å². The van der Waals surface area contributed by atoms with Gasteiger partial charge >= 0.3 is 0 Å². The van der Waals surface area contributed by atoms with Gasteiger partial charge in [-0.1, -0.05) is 46.7 Å². The lowest BCUT2D eigenvalue weighted by Gasteiger charge is -2.29. The highest BCUT2D eigenvalue weighted by Crippen LogP contribution is 2.34. The summed E-state index contributed by atoms with van der Waals surface area (Å²) in [6.07, 6.45) is 0.568. The molecule has 0 aliphatic carbocycles. The van der Waals surface area contributed by atoms with Gasteiger partial charge in [-0.15, -0.1) is 0 Å². The van der Waals surface area contributed by atoms with Crippen molar-refractivity contribution in [1.29, 1.82) is 0 Å². The van der Waals surface area contributed by atoms with Crippen LogP contribution in [0.3, 0.4) is 0 Å². The molecule has 21 heavy (non-hydrogen) atoms. The maximum absolute atomic E-state index is 5.80. The molecule has 0 aromatic carbocycles. The maximum atomic E-state index is 5.80. The van der Waals surface area contributed by atoms with E-state index < -0.39 is 0 Å². The molecule has 1 rings (SSSR count). The van der Waals surface area contributed by atoms with Gasteiger partial charge in [-0.3, -0.25) is 0 Å². The first-order valence-electron chi connectivity index (χ1n) is 7.71. The summed E-state index contributed by atoms with van der Waals surface area (Å²) in [5.74, 6) is 1.30. The van der Waals surface area contributed by atoms with Gasteiger partial charge in [-0.05, 0) is 24.8 Å². The second-order valence-corrected chi connectivity index (χ2v) is 7.66. The van der Waals surface area contributed by atoms with Crippen molar-refractivity contribution < 1.29 is 9.26 Å². The van der Waals surface area contributed by atoms with E-state index in [0.29, 0.717) is 18.3 Å². The van der Waals surface area contributed by atoms with Gasteiger partial charge in [0.05, 0.1) is 0 Å². The first-order valence-corrected chi connectivity index (χ1v) is 7.71. The molecule has 0 aliphatic heterocycles. The highest BCUT2D eigenvalue weighted by molar-refractivity contribution is 4.98. The van der Waals surface area contributed by atoms with Crippen LogP contribution >= 0.6 is 0 Å². The Morgan fingerprint density at radius 1 is 1.14 bits per heavy atom. The zero-order valence-corrected chi connectivity index (χ0v) is 14.8. The molecule has 1 aromatic heterocycles. The molecule has 0 radical (unpaired) electrons. The lowest BCUT2D eigenvalue weighted by molar-refractivity contribution is -0.0203. The van der Waals surface area contributed by atoms with E-state index in [1.165, 1.54) is 0 Å². The van der Waals surface area contributed by atoms with Crippen molar-refractivity contribution in [2.45, 2.75) is 67.0 Å². The normalized spacial score (nSPS) is 16.0. The molecule has 5 nitrogen and oxygen atoms in total. The van der Waals surface area contributed by atoms with Crippen LogP contribution in [0.25, 0.3) is 0 Å². The highest BCUT2D eigenvalue weighted by atomic mass is 16.5. The third-order valence-electron chi connectivity index (χ3n) is 3.61. The van der Waals surface area contributed by atoms with Crippen molar-refractivity contribution in [2.24, 2.45) is 10.8 Å². The van der Waals surface area contributed by atoms with Crippen LogP contribution in [-0.4, -0.2) is 29.8 Å². The van der Waals surface area contributed by atoms with E-state index in [2.05, 4.69) is 57.0 Å². The Labute approximate surface area is 128 Å². The predicted octanol–water partition coefficient (Wildman–Crippen LogP) is 3.37. The van der Waals surface area contributed by atoms with E-state index in [1.807, 2.05) is 14.0 Å². The van der Waals surface area contributed by atoms with Crippen LogP contribution in [0.1, 0.15) is 66.3 Å². The Bertz CT molecular complexity index is 429. The van der Waals surface area contributed by atoms with Gasteiger partial charge in [0.25, 0.3) is 0 Å². The zero-order valence-electron chi connectivity index (χ0n) is 14.8. The minimum Gasteiger partial charge on any atom is -0.370 e. The Hall–Kier alpha value is -0.940. The fourth-order valence-electron chi connectivity index (χ4n) is 2.35. The Morgan fingerprint density at radius 3 is 2.19 bits per heavy atom. The maximum Gasteiger partial charge on any atom is 0.228 e. The van der Waals surface area contributed by atoms with Gasteiger partial charge < -0.3 is 14.6 Å². The van der Waals surface area contributed by atoms with Crippen LogP contribution in [0.15, 0.2) is 4.52 Å². The molecule has 0 amide bonds. The molecule has 1 N–H and O–H groups in total. The van der Waals surface area contributed by atoms with Crippen molar-refractivity contribution in [3.63, 3.8) is 0 Å². The largest absolute Gasteiger partial charge is 0.370 e. The van der Waals surface area contributed by atoms with Crippen LogP contribution in [0.2, 0.25) is 0 Å². The average Bonchev–Trinajstić information content (AvgIpc) is 2.78. The van der Waals surface area contributed by atoms with E-state index in [-0.39, 0.29) is 23.0 Å². The van der Waals surface area contributed by atoms with Gasteiger partial charge in [0.1, 0.15) is 6.10 Å². The number of nitrogens with zero attached hydrogens (tertiary/aromatic N) is 2. The monoisotopic (exact) mass is 297 g/mol. The summed E-state index contributed by atoms with van der Waals surface area (Å²) in [5.41, 5.74) is 0.0658. The predicted molar refractivity (Wildman–Crippen MR) is 84.1 cm³/mol. The van der Waals surface area contributed by atoms with E-state index in [4.69, 9.17) is 9.26 Å². The summed E-state index contributed by atoms with van der Waals surface area (Å²) in [7, 11) is 1.96. The van der Waals surface area contributed by atoms with Crippen LogP contribution in [0, 0.1) is 10.8 Å². The van der Waals surface area contributed by atoms with Gasteiger partial charge in [-0.2, -0.15) is 4.98 Å². The number of rotatable bonds is 6. The number of aromatic nitrogens is 2. The summed E-state index contributed by atoms with van der Waals surface area (Å²) in [6, 6.07) is 0.283. The molecule has 0 aliphatic rings. The quantitative estimate of drug-likeness (QED) is 0.872. The third-order valence-corrected chi connectivity index (χ3v) is 3.61. The topological polar surface area (TPSA) is 60.2 Å². The molecule has 0 bridgehead atoms. The van der Waals surface area contributed by atoms with Crippen molar-refractivity contribution in [3.05, 3.63) is 11.7 Å². The van der Waals surface area contributed by atoms with E-state index >= 15 is 0 Å². The molecule has 0 saturated carbocycles. The Kier molecular flexibility index (Phi) is 5.93. The number of ether oxygens (including phenoxy) is 1. The lowest BCUT2D eigenvalue weighted by atomic mass is 9.85. The Morgan fingerprint density at radius 2 is 1.76 bits per heavy atom. The van der Waals surface area contributed by atoms with Crippen molar-refractivity contribution >= 4 is 0 Å². The summed E-state index contributed by atoms with van der Waals surface area (Å²) in [4.78, 5) is 4.55. The summed E-state index contributed by atoms with van der Waals surface area (Å²) >= 11 is 0. The Balaban J connectivity index is 2.89. The van der Waals surface area contributed by atoms with E-state index in [1.54, 1.807) is 0 Å². The standard InChI is InChI=1S/C16H31N3O2/c1-9-20-13(16(5,6)7)14-18-12(21-19-14)10-11(17-8)15(2,3)4/h11,13,17H,9-10H2,1-8H3. The molecule has 0 saturated heterocycles. The molecule has 2 unspecified atom stereocenters. The second kappa shape index (κ2) is 6.88. The van der Waals surface area contributed by atoms with Gasteiger partial charge in [0.15, 0.2) is 0 Å². The summed E-state index contributed by atoms with van der Waals surface area (Å²) in [5, 5.41) is 7.46. The molecular weight excluding hydrogens is 266 g/mol. The molecule has 0 spiro atoms. The minimum absolute atomic E-state index is 0.0659. The van der Waals surface area contributed by atoms with Crippen molar-refractivity contribution in [3.8, 4) is 0 Å². The molecular formula is C16H31N3O2. The smallest absolute Gasteiger partial charge is 0.228 e. The van der Waals surface area contributed by atoms with Gasteiger partial charge in [0.2, 0.25) is 11.7 Å². The fourth-order valence-corrected chi connectivity index (χ4v) is 2.35. The van der Waals surface area contributed by atoms with Crippen LogP contribution in [0.4, 0.5) is 0 Å². The first-order chi connectivity index (χ1) is 9.59. The average molecular weight is 297 g/mol. The number of hydrogen-bond donors (Lipinski definition) is 1. The second-order valence-electron chi connectivity index (χ2n) is 7.66. The summed E-state index contributed by atoms with van der Waals surface area (Å²) in [6.45, 7) is 15.6. The molecule has 1 aromatic rings. The van der Waals surface area contributed by atoms with Gasteiger partial charge in [0, 0.05) is 19.1 Å². The highest BCUT2D eigenvalue weighted by Gasteiger charge is 2.32. The molecule has 1 heterocycles. The fraction of sp³-hybridized carbons (Fsp3) is 0.875. The van der Waals surface area contributed by atoms with Gasteiger partial charge in [-0.25, -0.2) is 0 Å². The third kappa shape index (κ3) is 5.08. The first kappa shape index (κ1) is 18.1. The van der Waals surface area contributed by atoms with Crippen molar-refractivity contribution in [2.75, 3.05) is 13.7 Å². The minimum atomic E-state index is -0.150. The van der Waals surface area contributed by atoms with Crippen LogP contribution in [-0.2, 0) is 11.2 Å². The summed E-state index contributed by atoms with van der Waals surface area (Å²) < 4.78 is 11.2. The number of hydrogen-bond acceptors (Lipinski definition) is 5. The van der Waals surface area contributed by atoms with Crippen LogP contribution in [0.5, 0.6) is 0 Å². The zero-order chi connectivity index (χ0) is 16.3. The van der Waals surface area contributed by atoms with E-state index in [9.17, 15) is 0 Å². The number of likely N-dealkylation sites (N-methyl/N-ethyl adjacent to an activating group) is 1. The molecule has 5 heteroatoms. The van der Waals surface area contributed by atoms with Crippen molar-refractivity contribution in [1.82, 2.24) is 15.5 Å². The SMILES string of the molecule is CCOC(c1noc(CC(NC)C(C)(C)C)n1)C(C)(C)C.